The number of fused-ring (bicyclic) bond motifs is 3. The molecule has 2 aromatic carbocycles. The van der Waals surface area contributed by atoms with E-state index >= 15 is 0 Å². The summed E-state index contributed by atoms with van der Waals surface area (Å²) in [6.45, 7) is 1.89. The molecule has 3 aromatic rings. The van der Waals surface area contributed by atoms with Gasteiger partial charge in [0.05, 0.1) is 30.0 Å². The average molecular weight is 484 g/mol. The molecule has 0 unspecified atom stereocenters. The Morgan fingerprint density at radius 3 is 2.77 bits per heavy atom. The van der Waals surface area contributed by atoms with E-state index in [2.05, 4.69) is 15.5 Å². The minimum atomic E-state index is -4.50. The third-order valence-corrected chi connectivity index (χ3v) is 6.35. The van der Waals surface area contributed by atoms with Crippen LogP contribution in [0.15, 0.2) is 42.5 Å². The van der Waals surface area contributed by atoms with Gasteiger partial charge >= 0.3 is 12.3 Å². The van der Waals surface area contributed by atoms with Crippen LogP contribution in [0.4, 0.5) is 23.7 Å². The van der Waals surface area contributed by atoms with Crippen molar-refractivity contribution in [2.45, 2.75) is 38.5 Å². The number of hydrogen-bond donors (Lipinski definition) is 2. The number of aryl methyl sites for hydroxylation is 1. The second-order valence-corrected chi connectivity index (χ2v) is 8.72. The summed E-state index contributed by atoms with van der Waals surface area (Å²) in [5, 5.41) is 9.93. The van der Waals surface area contributed by atoms with Crippen LogP contribution in [0.2, 0.25) is 0 Å². The number of anilines is 1. The number of aromatic nitrogens is 2. The maximum atomic E-state index is 13.7. The fraction of sp³-hybridized carbons (Fsp3) is 0.320. The first-order valence-corrected chi connectivity index (χ1v) is 11.3. The van der Waals surface area contributed by atoms with Gasteiger partial charge < -0.3 is 10.1 Å². The Morgan fingerprint density at radius 2 is 2.00 bits per heavy atom. The second kappa shape index (κ2) is 8.75. The number of ether oxygens (including phenoxy) is 1. The molecule has 1 atom stereocenters. The van der Waals surface area contributed by atoms with Crippen molar-refractivity contribution in [3.8, 4) is 22.5 Å². The van der Waals surface area contributed by atoms with Crippen LogP contribution in [-0.2, 0) is 28.5 Å². The Bertz CT molecular complexity index is 1300. The standard InChI is InChI=1S/C25H23F3N4O3/c1-14(33)29-12-17-13-32(24(34)35-17)16-10-9-15-5-4-7-19-22(30-31-23(19)20(15)11-16)18-6-2-3-8-21(18)25(26,27)28/h2-3,6,8-11,17H,4-5,7,12-13H2,1H3,(H,29,33)(H,30,31)/t17-/m0/s1. The van der Waals surface area contributed by atoms with E-state index in [0.29, 0.717) is 23.5 Å². The highest BCUT2D eigenvalue weighted by Crippen LogP contribution is 2.42. The summed E-state index contributed by atoms with van der Waals surface area (Å²) in [5.74, 6) is -0.209. The van der Waals surface area contributed by atoms with Gasteiger partial charge in [0.15, 0.2) is 0 Å². The summed E-state index contributed by atoms with van der Waals surface area (Å²) in [6, 6.07) is 11.1. The smallest absolute Gasteiger partial charge is 0.417 e. The molecule has 1 aromatic heterocycles. The number of carbonyl (C=O) groups is 2. The summed E-state index contributed by atoms with van der Waals surface area (Å²) in [4.78, 5) is 25.2. The maximum Gasteiger partial charge on any atom is 0.417 e. The molecule has 10 heteroatoms. The van der Waals surface area contributed by atoms with E-state index < -0.39 is 23.9 Å². The van der Waals surface area contributed by atoms with Gasteiger partial charge in [-0.15, -0.1) is 0 Å². The van der Waals surface area contributed by atoms with Gasteiger partial charge in [-0.2, -0.15) is 18.3 Å². The molecule has 7 nitrogen and oxygen atoms in total. The van der Waals surface area contributed by atoms with Crippen molar-refractivity contribution < 1.29 is 27.5 Å². The Kier molecular flexibility index (Phi) is 5.74. The first-order valence-electron chi connectivity index (χ1n) is 11.3. The monoisotopic (exact) mass is 484 g/mol. The van der Waals surface area contributed by atoms with Crippen molar-refractivity contribution in [3.05, 3.63) is 59.2 Å². The fourth-order valence-corrected chi connectivity index (χ4v) is 4.73. The van der Waals surface area contributed by atoms with Crippen LogP contribution in [0.3, 0.4) is 0 Å². The second-order valence-electron chi connectivity index (χ2n) is 8.72. The normalized spacial score (nSPS) is 17.4. The largest absolute Gasteiger partial charge is 0.442 e. The number of cyclic esters (lactones) is 1. The summed E-state index contributed by atoms with van der Waals surface area (Å²) in [6.07, 6.45) is -3.42. The van der Waals surface area contributed by atoms with E-state index in [-0.39, 0.29) is 24.6 Å². The molecule has 2 N–H and O–H groups in total. The van der Waals surface area contributed by atoms with Crippen molar-refractivity contribution in [2.75, 3.05) is 18.0 Å². The molecule has 1 fully saturated rings. The molecule has 5 rings (SSSR count). The van der Waals surface area contributed by atoms with Crippen LogP contribution in [0.1, 0.15) is 30.0 Å². The highest BCUT2D eigenvalue weighted by molar-refractivity contribution is 5.91. The van der Waals surface area contributed by atoms with Crippen LogP contribution < -0.4 is 10.2 Å². The van der Waals surface area contributed by atoms with Gasteiger partial charge in [0.25, 0.3) is 0 Å². The van der Waals surface area contributed by atoms with Crippen molar-refractivity contribution in [1.29, 1.82) is 0 Å². The summed E-state index contributed by atoms with van der Waals surface area (Å²) < 4.78 is 46.4. The van der Waals surface area contributed by atoms with E-state index in [0.717, 1.165) is 35.6 Å². The van der Waals surface area contributed by atoms with Crippen molar-refractivity contribution in [3.63, 3.8) is 0 Å². The first-order chi connectivity index (χ1) is 16.7. The van der Waals surface area contributed by atoms with Gasteiger partial charge in [0.2, 0.25) is 5.91 Å². The Hall–Kier alpha value is -3.82. The van der Waals surface area contributed by atoms with Crippen LogP contribution in [0.25, 0.3) is 22.5 Å². The lowest BCUT2D eigenvalue weighted by Crippen LogP contribution is -2.33. The van der Waals surface area contributed by atoms with Crippen molar-refractivity contribution >= 4 is 17.7 Å². The summed E-state index contributed by atoms with van der Waals surface area (Å²) >= 11 is 0. The van der Waals surface area contributed by atoms with Gasteiger partial charge in [-0.1, -0.05) is 24.3 Å². The zero-order valence-electron chi connectivity index (χ0n) is 18.9. The predicted molar refractivity (Wildman–Crippen MR) is 123 cm³/mol. The number of alkyl halides is 3. The number of aromatic amines is 1. The third kappa shape index (κ3) is 4.36. The van der Waals surface area contributed by atoms with E-state index in [4.69, 9.17) is 4.74 Å². The van der Waals surface area contributed by atoms with E-state index in [1.807, 2.05) is 18.2 Å². The number of benzene rings is 2. The number of nitrogens with one attached hydrogen (secondary N) is 2. The van der Waals surface area contributed by atoms with Gasteiger partial charge in [-0.25, -0.2) is 4.79 Å². The molecule has 182 valence electrons. The number of halogens is 3. The van der Waals surface area contributed by atoms with Crippen LogP contribution in [0.5, 0.6) is 0 Å². The fourth-order valence-electron chi connectivity index (χ4n) is 4.73. The molecule has 35 heavy (non-hydrogen) atoms. The Morgan fingerprint density at radius 1 is 1.20 bits per heavy atom. The highest BCUT2D eigenvalue weighted by Gasteiger charge is 2.36. The number of amides is 2. The van der Waals surface area contributed by atoms with Gasteiger partial charge in [0, 0.05) is 29.3 Å². The quantitative estimate of drug-likeness (QED) is 0.562. The molecule has 1 aliphatic heterocycles. The summed E-state index contributed by atoms with van der Waals surface area (Å²) in [5.41, 5.74) is 3.43. The topological polar surface area (TPSA) is 87.3 Å². The Balaban J connectivity index is 1.52. The number of H-pyrrole nitrogens is 1. The molecule has 0 bridgehead atoms. The van der Waals surface area contributed by atoms with Crippen LogP contribution in [0, 0.1) is 0 Å². The lowest BCUT2D eigenvalue weighted by molar-refractivity contribution is -0.137. The SMILES string of the molecule is CC(=O)NC[C@H]1CN(c2ccc3c(c2)-c2[nH]nc(-c4ccccc4C(F)(F)F)c2CCC3)C(=O)O1. The van der Waals surface area contributed by atoms with Crippen LogP contribution >= 0.6 is 0 Å². The molecule has 2 heterocycles. The molecular weight excluding hydrogens is 461 g/mol. The Labute approximate surface area is 199 Å². The molecule has 0 saturated carbocycles. The highest BCUT2D eigenvalue weighted by atomic mass is 19.4. The summed E-state index contributed by atoms with van der Waals surface area (Å²) in [7, 11) is 0. The molecule has 0 radical (unpaired) electrons. The lowest BCUT2D eigenvalue weighted by Gasteiger charge is -2.16. The number of hydrogen-bond acceptors (Lipinski definition) is 4. The maximum absolute atomic E-state index is 13.7. The predicted octanol–water partition coefficient (Wildman–Crippen LogP) is 4.71. The van der Waals surface area contributed by atoms with Gasteiger partial charge in [-0.3, -0.25) is 14.8 Å². The third-order valence-electron chi connectivity index (χ3n) is 6.35. The first kappa shape index (κ1) is 22.9. The molecule has 1 saturated heterocycles. The van der Waals surface area contributed by atoms with Gasteiger partial charge in [-0.05, 0) is 43.0 Å². The zero-order chi connectivity index (χ0) is 24.7. The average Bonchev–Trinajstić information content (AvgIpc) is 3.35. The van der Waals surface area contributed by atoms with Crippen molar-refractivity contribution in [1.82, 2.24) is 15.5 Å². The molecule has 0 spiro atoms. The minimum absolute atomic E-state index is 0.0426. The molecule has 2 aliphatic rings. The molecular formula is C25H23F3N4O3. The zero-order valence-corrected chi connectivity index (χ0v) is 18.9. The lowest BCUT2D eigenvalue weighted by atomic mass is 9.96. The van der Waals surface area contributed by atoms with Gasteiger partial charge in [0.1, 0.15) is 6.10 Å². The molecule has 2 amide bonds. The van der Waals surface area contributed by atoms with E-state index in [1.165, 1.54) is 24.0 Å². The number of rotatable bonds is 4. The van der Waals surface area contributed by atoms with E-state index in [1.54, 1.807) is 6.07 Å². The van der Waals surface area contributed by atoms with Crippen molar-refractivity contribution in [2.24, 2.45) is 0 Å². The number of carbonyl (C=O) groups excluding carboxylic acids is 2. The molecule has 1 aliphatic carbocycles. The minimum Gasteiger partial charge on any atom is -0.442 e. The van der Waals surface area contributed by atoms with Crippen LogP contribution in [-0.4, -0.2) is 41.4 Å². The number of nitrogens with zero attached hydrogens (tertiary/aromatic N) is 2. The van der Waals surface area contributed by atoms with E-state index in [9.17, 15) is 22.8 Å².